The van der Waals surface area contributed by atoms with Crippen LogP contribution in [0.25, 0.3) is 0 Å². The van der Waals surface area contributed by atoms with E-state index in [1.54, 1.807) is 24.3 Å². The third-order valence-electron chi connectivity index (χ3n) is 2.73. The average molecular weight is 280 g/mol. The van der Waals surface area contributed by atoms with Crippen LogP contribution in [0.1, 0.15) is 17.3 Å². The molecular formula is C13H20N4O3. The molecule has 7 heteroatoms. The fourth-order valence-corrected chi connectivity index (χ4v) is 1.67. The molecule has 0 saturated heterocycles. The van der Waals surface area contributed by atoms with E-state index in [1.807, 2.05) is 11.8 Å². The SMILES string of the molecule is CCN(CCOc1cccc(C(=O)NN)c1)CC(N)=O. The highest BCUT2D eigenvalue weighted by atomic mass is 16.5. The predicted octanol–water partition coefficient (Wildman–Crippen LogP) is -0.524. The third-order valence-corrected chi connectivity index (χ3v) is 2.73. The van der Waals surface area contributed by atoms with Crippen LogP contribution in [0.3, 0.4) is 0 Å². The average Bonchev–Trinajstić information content (AvgIpc) is 2.45. The molecule has 0 aromatic heterocycles. The predicted molar refractivity (Wildman–Crippen MR) is 74.9 cm³/mol. The minimum atomic E-state index is -0.376. The van der Waals surface area contributed by atoms with E-state index >= 15 is 0 Å². The van der Waals surface area contributed by atoms with Crippen molar-refractivity contribution in [3.8, 4) is 5.75 Å². The lowest BCUT2D eigenvalue weighted by molar-refractivity contribution is -0.119. The van der Waals surface area contributed by atoms with Gasteiger partial charge >= 0.3 is 0 Å². The Balaban J connectivity index is 2.49. The van der Waals surface area contributed by atoms with E-state index in [-0.39, 0.29) is 18.4 Å². The molecule has 110 valence electrons. The number of carbonyl (C=O) groups is 2. The molecule has 0 aliphatic heterocycles. The molecular weight excluding hydrogens is 260 g/mol. The summed E-state index contributed by atoms with van der Waals surface area (Å²) in [6.45, 7) is 3.83. The highest BCUT2D eigenvalue weighted by Gasteiger charge is 2.07. The summed E-state index contributed by atoms with van der Waals surface area (Å²) in [5.41, 5.74) is 7.63. The molecule has 0 fully saturated rings. The van der Waals surface area contributed by atoms with Gasteiger partial charge in [-0.3, -0.25) is 19.9 Å². The number of amides is 2. The van der Waals surface area contributed by atoms with Gasteiger partial charge < -0.3 is 10.5 Å². The Morgan fingerprint density at radius 3 is 2.75 bits per heavy atom. The molecule has 0 unspecified atom stereocenters. The Hall–Kier alpha value is -2.12. The van der Waals surface area contributed by atoms with Gasteiger partial charge in [0.15, 0.2) is 0 Å². The van der Waals surface area contributed by atoms with E-state index in [4.69, 9.17) is 16.3 Å². The van der Waals surface area contributed by atoms with Gasteiger partial charge in [-0.15, -0.1) is 0 Å². The number of ether oxygens (including phenoxy) is 1. The van der Waals surface area contributed by atoms with Crippen LogP contribution in [-0.2, 0) is 4.79 Å². The number of nitrogen functional groups attached to an aromatic ring is 1. The summed E-state index contributed by atoms with van der Waals surface area (Å²) in [5, 5.41) is 0. The first-order chi connectivity index (χ1) is 9.56. The number of benzene rings is 1. The first-order valence-corrected chi connectivity index (χ1v) is 6.31. The van der Waals surface area contributed by atoms with Gasteiger partial charge in [0.2, 0.25) is 5.91 Å². The van der Waals surface area contributed by atoms with Crippen molar-refractivity contribution in [3.05, 3.63) is 29.8 Å². The summed E-state index contributed by atoms with van der Waals surface area (Å²) >= 11 is 0. The molecule has 0 aliphatic rings. The van der Waals surface area contributed by atoms with Crippen molar-refractivity contribution in [2.45, 2.75) is 6.92 Å². The zero-order valence-electron chi connectivity index (χ0n) is 11.5. The van der Waals surface area contributed by atoms with E-state index in [0.717, 1.165) is 0 Å². The summed E-state index contributed by atoms with van der Waals surface area (Å²) in [5.74, 6) is 4.90. The van der Waals surface area contributed by atoms with Crippen LogP contribution in [0.2, 0.25) is 0 Å². The van der Waals surface area contributed by atoms with Crippen LogP contribution in [-0.4, -0.2) is 43.0 Å². The number of hydrogen-bond donors (Lipinski definition) is 3. The van der Waals surface area contributed by atoms with Crippen molar-refractivity contribution in [1.29, 1.82) is 0 Å². The molecule has 0 saturated carbocycles. The number of nitrogens with two attached hydrogens (primary N) is 2. The number of carbonyl (C=O) groups excluding carboxylic acids is 2. The van der Waals surface area contributed by atoms with E-state index in [9.17, 15) is 9.59 Å². The molecule has 1 aromatic rings. The largest absolute Gasteiger partial charge is 0.492 e. The fourth-order valence-electron chi connectivity index (χ4n) is 1.67. The smallest absolute Gasteiger partial charge is 0.265 e. The quantitative estimate of drug-likeness (QED) is 0.337. The molecule has 0 atom stereocenters. The second-order valence-electron chi connectivity index (χ2n) is 4.18. The van der Waals surface area contributed by atoms with Crippen molar-refractivity contribution >= 4 is 11.8 Å². The van der Waals surface area contributed by atoms with Gasteiger partial charge in [-0.2, -0.15) is 0 Å². The molecule has 0 radical (unpaired) electrons. The Kier molecular flexibility index (Phi) is 6.48. The van der Waals surface area contributed by atoms with Crippen LogP contribution in [0.15, 0.2) is 24.3 Å². The second kappa shape index (κ2) is 8.13. The van der Waals surface area contributed by atoms with Gasteiger partial charge in [0.25, 0.3) is 5.91 Å². The lowest BCUT2D eigenvalue weighted by Crippen LogP contribution is -2.36. The lowest BCUT2D eigenvalue weighted by Gasteiger charge is -2.18. The van der Waals surface area contributed by atoms with Crippen molar-refractivity contribution in [3.63, 3.8) is 0 Å². The Bertz CT molecular complexity index is 465. The van der Waals surface area contributed by atoms with E-state index in [2.05, 4.69) is 5.43 Å². The zero-order valence-corrected chi connectivity index (χ0v) is 11.5. The van der Waals surface area contributed by atoms with Crippen LogP contribution < -0.4 is 21.7 Å². The molecule has 0 bridgehead atoms. The highest BCUT2D eigenvalue weighted by Crippen LogP contribution is 2.13. The van der Waals surface area contributed by atoms with E-state index in [0.29, 0.717) is 31.0 Å². The highest BCUT2D eigenvalue weighted by molar-refractivity contribution is 5.94. The van der Waals surface area contributed by atoms with Gasteiger partial charge in [0, 0.05) is 12.1 Å². The number of primary amides is 1. The van der Waals surface area contributed by atoms with Crippen molar-refractivity contribution in [1.82, 2.24) is 10.3 Å². The van der Waals surface area contributed by atoms with Crippen LogP contribution in [0.4, 0.5) is 0 Å². The molecule has 7 nitrogen and oxygen atoms in total. The molecule has 0 spiro atoms. The topological polar surface area (TPSA) is 111 Å². The first kappa shape index (κ1) is 15.9. The summed E-state index contributed by atoms with van der Waals surface area (Å²) < 4.78 is 5.54. The number of likely N-dealkylation sites (N-methyl/N-ethyl adjacent to an activating group) is 1. The van der Waals surface area contributed by atoms with E-state index < -0.39 is 0 Å². The molecule has 20 heavy (non-hydrogen) atoms. The van der Waals surface area contributed by atoms with Crippen LogP contribution >= 0.6 is 0 Å². The first-order valence-electron chi connectivity index (χ1n) is 6.31. The second-order valence-corrected chi connectivity index (χ2v) is 4.18. The van der Waals surface area contributed by atoms with Gasteiger partial charge in [-0.05, 0) is 24.7 Å². The van der Waals surface area contributed by atoms with Crippen LogP contribution in [0, 0.1) is 0 Å². The standard InChI is InChI=1S/C13H20N4O3/c1-2-17(9-12(14)18)6-7-20-11-5-3-4-10(8-11)13(19)16-15/h3-5,8H,2,6-7,9,15H2,1H3,(H2,14,18)(H,16,19). The number of nitrogens with zero attached hydrogens (tertiary/aromatic N) is 1. The molecule has 1 aromatic carbocycles. The monoisotopic (exact) mass is 280 g/mol. The Labute approximate surface area is 117 Å². The molecule has 0 aliphatic carbocycles. The van der Waals surface area contributed by atoms with Crippen molar-refractivity contribution in [2.75, 3.05) is 26.2 Å². The third kappa shape index (κ3) is 5.25. The summed E-state index contributed by atoms with van der Waals surface area (Å²) in [6, 6.07) is 6.70. The van der Waals surface area contributed by atoms with E-state index in [1.165, 1.54) is 0 Å². The Morgan fingerprint density at radius 2 is 2.15 bits per heavy atom. The molecule has 0 heterocycles. The van der Waals surface area contributed by atoms with Gasteiger partial charge in [0.1, 0.15) is 12.4 Å². The van der Waals surface area contributed by atoms with Crippen LogP contribution in [0.5, 0.6) is 5.75 Å². The normalized spacial score (nSPS) is 10.3. The summed E-state index contributed by atoms with van der Waals surface area (Å²) in [6.07, 6.45) is 0. The molecule has 2 amide bonds. The maximum absolute atomic E-state index is 11.4. The maximum Gasteiger partial charge on any atom is 0.265 e. The Morgan fingerprint density at radius 1 is 1.40 bits per heavy atom. The van der Waals surface area contributed by atoms with Gasteiger partial charge in [-0.1, -0.05) is 13.0 Å². The molecule has 5 N–H and O–H groups in total. The van der Waals surface area contributed by atoms with Gasteiger partial charge in [-0.25, -0.2) is 5.84 Å². The molecule has 1 rings (SSSR count). The van der Waals surface area contributed by atoms with Crippen molar-refractivity contribution < 1.29 is 14.3 Å². The summed E-state index contributed by atoms with van der Waals surface area (Å²) in [7, 11) is 0. The van der Waals surface area contributed by atoms with Gasteiger partial charge in [0.05, 0.1) is 6.54 Å². The number of hydrogen-bond acceptors (Lipinski definition) is 5. The summed E-state index contributed by atoms with van der Waals surface area (Å²) in [4.78, 5) is 24.1. The minimum Gasteiger partial charge on any atom is -0.492 e. The minimum absolute atomic E-state index is 0.204. The fraction of sp³-hybridized carbons (Fsp3) is 0.385. The lowest BCUT2D eigenvalue weighted by atomic mass is 10.2. The number of nitrogens with one attached hydrogen (secondary N) is 1. The zero-order chi connectivity index (χ0) is 15.0. The maximum atomic E-state index is 11.4. The van der Waals surface area contributed by atoms with Crippen molar-refractivity contribution in [2.24, 2.45) is 11.6 Å². The number of hydrazine groups is 1. The number of rotatable bonds is 8.